The Hall–Kier alpha value is -1.31. The van der Waals surface area contributed by atoms with Crippen molar-refractivity contribution in [3.63, 3.8) is 0 Å². The van der Waals surface area contributed by atoms with E-state index in [9.17, 15) is 4.79 Å². The standard InChI is InChI=1S/C11H12O2/c1-8-7-10(12)13-11(8)9-5-3-2-4-6-9/h2-6,8,11H,7H2,1H3/t8-,11-/m0/s1. The summed E-state index contributed by atoms with van der Waals surface area (Å²) in [6.45, 7) is 2.04. The monoisotopic (exact) mass is 176 g/mol. The number of benzene rings is 1. The van der Waals surface area contributed by atoms with Crippen LogP contribution in [0.25, 0.3) is 0 Å². The highest BCUT2D eigenvalue weighted by atomic mass is 16.5. The highest BCUT2D eigenvalue weighted by Crippen LogP contribution is 2.34. The number of cyclic esters (lactones) is 1. The van der Waals surface area contributed by atoms with E-state index in [1.165, 1.54) is 0 Å². The first-order valence-corrected chi connectivity index (χ1v) is 4.52. The maximum atomic E-state index is 11.0. The van der Waals surface area contributed by atoms with Crippen molar-refractivity contribution < 1.29 is 9.53 Å². The Balaban J connectivity index is 2.23. The minimum Gasteiger partial charge on any atom is -0.457 e. The number of esters is 1. The Bertz CT molecular complexity index is 305. The summed E-state index contributed by atoms with van der Waals surface area (Å²) in [6.07, 6.45) is 0.508. The molecule has 2 nitrogen and oxygen atoms in total. The normalized spacial score (nSPS) is 27.3. The SMILES string of the molecule is C[C@H]1CC(=O)O[C@@H]1c1ccccc1. The second-order valence-corrected chi connectivity index (χ2v) is 3.50. The summed E-state index contributed by atoms with van der Waals surface area (Å²) in [4.78, 5) is 11.0. The smallest absolute Gasteiger partial charge is 0.306 e. The molecule has 0 unspecified atom stereocenters. The zero-order chi connectivity index (χ0) is 9.26. The molecule has 2 rings (SSSR count). The number of hydrogen-bond acceptors (Lipinski definition) is 2. The van der Waals surface area contributed by atoms with Crippen molar-refractivity contribution in [2.24, 2.45) is 5.92 Å². The van der Waals surface area contributed by atoms with E-state index in [2.05, 4.69) is 0 Å². The van der Waals surface area contributed by atoms with Crippen molar-refractivity contribution in [2.45, 2.75) is 19.4 Å². The van der Waals surface area contributed by atoms with Crippen molar-refractivity contribution in [3.05, 3.63) is 35.9 Å². The Morgan fingerprint density at radius 1 is 1.31 bits per heavy atom. The molecule has 1 aromatic rings. The summed E-state index contributed by atoms with van der Waals surface area (Å²) >= 11 is 0. The maximum Gasteiger partial charge on any atom is 0.306 e. The van der Waals surface area contributed by atoms with Gasteiger partial charge in [-0.2, -0.15) is 0 Å². The Labute approximate surface area is 77.5 Å². The molecule has 0 saturated carbocycles. The number of rotatable bonds is 1. The fourth-order valence-corrected chi connectivity index (χ4v) is 1.72. The van der Waals surface area contributed by atoms with Gasteiger partial charge in [-0.15, -0.1) is 0 Å². The highest BCUT2D eigenvalue weighted by molar-refractivity contribution is 5.72. The van der Waals surface area contributed by atoms with E-state index in [0.29, 0.717) is 12.3 Å². The van der Waals surface area contributed by atoms with Crippen molar-refractivity contribution in [3.8, 4) is 0 Å². The predicted octanol–water partition coefficient (Wildman–Crippen LogP) is 2.31. The lowest BCUT2D eigenvalue weighted by Crippen LogP contribution is -2.03. The van der Waals surface area contributed by atoms with Crippen molar-refractivity contribution in [1.29, 1.82) is 0 Å². The van der Waals surface area contributed by atoms with Gasteiger partial charge < -0.3 is 4.74 Å². The molecular formula is C11H12O2. The molecule has 1 heterocycles. The number of carbonyl (C=O) groups excluding carboxylic acids is 1. The number of ether oxygens (including phenoxy) is 1. The zero-order valence-corrected chi connectivity index (χ0v) is 7.57. The summed E-state index contributed by atoms with van der Waals surface area (Å²) in [6, 6.07) is 9.90. The predicted molar refractivity (Wildman–Crippen MR) is 49.1 cm³/mol. The van der Waals surface area contributed by atoms with Crippen LogP contribution in [0, 0.1) is 5.92 Å². The molecule has 1 saturated heterocycles. The van der Waals surface area contributed by atoms with Crippen LogP contribution in [-0.4, -0.2) is 5.97 Å². The van der Waals surface area contributed by atoms with Crippen LogP contribution >= 0.6 is 0 Å². The average Bonchev–Trinajstić information content (AvgIpc) is 2.47. The van der Waals surface area contributed by atoms with Crippen LogP contribution in [0.5, 0.6) is 0 Å². The van der Waals surface area contributed by atoms with Gasteiger partial charge in [0.2, 0.25) is 0 Å². The molecule has 13 heavy (non-hydrogen) atoms. The fraction of sp³-hybridized carbons (Fsp3) is 0.364. The summed E-state index contributed by atoms with van der Waals surface area (Å²) in [5, 5.41) is 0. The third-order valence-electron chi connectivity index (χ3n) is 2.39. The Morgan fingerprint density at radius 3 is 2.54 bits per heavy atom. The molecule has 1 fully saturated rings. The molecule has 0 N–H and O–H groups in total. The van der Waals surface area contributed by atoms with E-state index in [-0.39, 0.29) is 12.1 Å². The second kappa shape index (κ2) is 3.21. The summed E-state index contributed by atoms with van der Waals surface area (Å²) in [5.41, 5.74) is 1.10. The quantitative estimate of drug-likeness (QED) is 0.614. The molecular weight excluding hydrogens is 164 g/mol. The van der Waals surface area contributed by atoms with E-state index in [0.717, 1.165) is 5.56 Å². The topological polar surface area (TPSA) is 26.3 Å². The van der Waals surface area contributed by atoms with Gasteiger partial charge in [0.05, 0.1) is 6.42 Å². The molecule has 68 valence electrons. The highest BCUT2D eigenvalue weighted by Gasteiger charge is 2.32. The van der Waals surface area contributed by atoms with Crippen molar-refractivity contribution >= 4 is 5.97 Å². The molecule has 2 heteroatoms. The van der Waals surface area contributed by atoms with Crippen LogP contribution in [0.3, 0.4) is 0 Å². The van der Waals surface area contributed by atoms with Crippen LogP contribution in [0.15, 0.2) is 30.3 Å². The molecule has 0 aliphatic carbocycles. The van der Waals surface area contributed by atoms with Gasteiger partial charge >= 0.3 is 5.97 Å². The lowest BCUT2D eigenvalue weighted by molar-refractivity contribution is -0.141. The van der Waals surface area contributed by atoms with Crippen LogP contribution in [-0.2, 0) is 9.53 Å². The van der Waals surface area contributed by atoms with E-state index < -0.39 is 0 Å². The van der Waals surface area contributed by atoms with Gasteiger partial charge in [-0.1, -0.05) is 37.3 Å². The summed E-state index contributed by atoms with van der Waals surface area (Å²) < 4.78 is 5.22. The van der Waals surface area contributed by atoms with Crippen LogP contribution < -0.4 is 0 Å². The molecule has 0 radical (unpaired) electrons. The van der Waals surface area contributed by atoms with Crippen molar-refractivity contribution in [1.82, 2.24) is 0 Å². The van der Waals surface area contributed by atoms with E-state index in [4.69, 9.17) is 4.74 Å². The van der Waals surface area contributed by atoms with Crippen LogP contribution in [0.4, 0.5) is 0 Å². The lowest BCUT2D eigenvalue weighted by Gasteiger charge is -2.13. The van der Waals surface area contributed by atoms with Gasteiger partial charge in [-0.3, -0.25) is 4.79 Å². The molecule has 1 aliphatic rings. The first-order chi connectivity index (χ1) is 6.27. The fourth-order valence-electron chi connectivity index (χ4n) is 1.72. The molecule has 0 spiro atoms. The van der Waals surface area contributed by atoms with Gasteiger partial charge in [0, 0.05) is 5.92 Å². The van der Waals surface area contributed by atoms with E-state index >= 15 is 0 Å². The average molecular weight is 176 g/mol. The first kappa shape index (κ1) is 8.30. The zero-order valence-electron chi connectivity index (χ0n) is 7.57. The molecule has 2 atom stereocenters. The summed E-state index contributed by atoms with van der Waals surface area (Å²) in [7, 11) is 0. The molecule has 0 bridgehead atoms. The number of carbonyl (C=O) groups is 1. The third-order valence-corrected chi connectivity index (χ3v) is 2.39. The minimum absolute atomic E-state index is 0.0336. The van der Waals surface area contributed by atoms with Gasteiger partial charge in [-0.25, -0.2) is 0 Å². The van der Waals surface area contributed by atoms with E-state index in [1.807, 2.05) is 37.3 Å². The van der Waals surface area contributed by atoms with Gasteiger partial charge in [0.15, 0.2) is 0 Å². The Kier molecular flexibility index (Phi) is 2.05. The van der Waals surface area contributed by atoms with Gasteiger partial charge in [-0.05, 0) is 5.56 Å². The molecule has 1 aliphatic heterocycles. The Morgan fingerprint density at radius 2 is 2.00 bits per heavy atom. The van der Waals surface area contributed by atoms with Crippen LogP contribution in [0.2, 0.25) is 0 Å². The third kappa shape index (κ3) is 1.57. The van der Waals surface area contributed by atoms with Crippen LogP contribution in [0.1, 0.15) is 25.0 Å². The molecule has 1 aromatic carbocycles. The largest absolute Gasteiger partial charge is 0.457 e. The first-order valence-electron chi connectivity index (χ1n) is 4.52. The lowest BCUT2D eigenvalue weighted by atomic mass is 9.97. The maximum absolute atomic E-state index is 11.0. The molecule has 0 amide bonds. The number of hydrogen-bond donors (Lipinski definition) is 0. The van der Waals surface area contributed by atoms with Gasteiger partial charge in [0.25, 0.3) is 0 Å². The molecule has 0 aromatic heterocycles. The second-order valence-electron chi connectivity index (χ2n) is 3.50. The minimum atomic E-state index is -0.0821. The van der Waals surface area contributed by atoms with E-state index in [1.54, 1.807) is 0 Å². The summed E-state index contributed by atoms with van der Waals surface area (Å²) in [5.74, 6) is 0.219. The van der Waals surface area contributed by atoms with Crippen molar-refractivity contribution in [2.75, 3.05) is 0 Å². The van der Waals surface area contributed by atoms with Gasteiger partial charge in [0.1, 0.15) is 6.10 Å².